The van der Waals surface area contributed by atoms with Crippen molar-refractivity contribution in [3.05, 3.63) is 47.3 Å². The fourth-order valence-electron chi connectivity index (χ4n) is 3.15. The number of morpholine rings is 1. The highest BCUT2D eigenvalue weighted by atomic mass is 16.5. The maximum atomic E-state index is 13.0. The van der Waals surface area contributed by atoms with Crippen LogP contribution in [0.5, 0.6) is 0 Å². The molecule has 0 unspecified atom stereocenters. The van der Waals surface area contributed by atoms with Gasteiger partial charge in [0.1, 0.15) is 0 Å². The largest absolute Gasteiger partial charge is 0.481 e. The summed E-state index contributed by atoms with van der Waals surface area (Å²) >= 11 is 0. The number of amides is 1. The summed E-state index contributed by atoms with van der Waals surface area (Å²) in [5, 5.41) is 13.4. The minimum atomic E-state index is -0.927. The first-order valence-electron chi connectivity index (χ1n) is 8.21. The van der Waals surface area contributed by atoms with Crippen molar-refractivity contribution in [2.24, 2.45) is 0 Å². The van der Waals surface area contributed by atoms with Gasteiger partial charge in [0.2, 0.25) is 0 Å². The number of carboxylic acid groups (broad SMARTS) is 1. The maximum absolute atomic E-state index is 13.0. The van der Waals surface area contributed by atoms with Crippen LogP contribution in [0.2, 0.25) is 0 Å². The van der Waals surface area contributed by atoms with E-state index in [0.717, 1.165) is 11.4 Å². The Balaban J connectivity index is 1.85. The van der Waals surface area contributed by atoms with Crippen molar-refractivity contribution in [3.63, 3.8) is 0 Å². The summed E-state index contributed by atoms with van der Waals surface area (Å²) in [6, 6.07) is 9.64. The second kappa shape index (κ2) is 7.06. The lowest BCUT2D eigenvalue weighted by molar-refractivity contribution is -0.141. The van der Waals surface area contributed by atoms with Gasteiger partial charge in [0, 0.05) is 13.1 Å². The molecule has 7 nitrogen and oxygen atoms in total. The Hall–Kier alpha value is -2.67. The Morgan fingerprint density at radius 1 is 1.28 bits per heavy atom. The number of carboxylic acids is 1. The molecule has 25 heavy (non-hydrogen) atoms. The Labute approximate surface area is 145 Å². The average molecular weight is 343 g/mol. The van der Waals surface area contributed by atoms with Gasteiger partial charge in [-0.3, -0.25) is 9.59 Å². The highest BCUT2D eigenvalue weighted by molar-refractivity contribution is 5.96. The molecule has 1 atom stereocenters. The average Bonchev–Trinajstić information content (AvgIpc) is 2.89. The molecule has 1 fully saturated rings. The number of hydrogen-bond donors (Lipinski definition) is 1. The number of aryl methyl sites for hydroxylation is 1. The molecule has 132 valence electrons. The summed E-state index contributed by atoms with van der Waals surface area (Å²) in [5.41, 5.74) is 2.90. The zero-order valence-corrected chi connectivity index (χ0v) is 14.3. The van der Waals surface area contributed by atoms with Gasteiger partial charge in [0.25, 0.3) is 5.91 Å². The third-order valence-corrected chi connectivity index (χ3v) is 4.33. The van der Waals surface area contributed by atoms with Crippen LogP contribution in [-0.2, 0) is 9.53 Å². The number of ether oxygens (including phenoxy) is 1. The maximum Gasteiger partial charge on any atom is 0.306 e. The van der Waals surface area contributed by atoms with E-state index in [1.807, 2.05) is 44.2 Å². The van der Waals surface area contributed by atoms with Gasteiger partial charge in [-0.2, -0.15) is 5.10 Å². The normalized spacial score (nSPS) is 17.5. The second-order valence-electron chi connectivity index (χ2n) is 6.14. The second-order valence-corrected chi connectivity index (χ2v) is 6.14. The van der Waals surface area contributed by atoms with E-state index >= 15 is 0 Å². The topological polar surface area (TPSA) is 84.7 Å². The molecule has 1 aromatic heterocycles. The Morgan fingerprint density at radius 2 is 2.00 bits per heavy atom. The minimum absolute atomic E-state index is 0.106. The summed E-state index contributed by atoms with van der Waals surface area (Å²) < 4.78 is 7.21. The number of nitrogens with zero attached hydrogens (tertiary/aromatic N) is 3. The minimum Gasteiger partial charge on any atom is -0.481 e. The Kier molecular flexibility index (Phi) is 4.85. The molecule has 7 heteroatoms. The third-order valence-electron chi connectivity index (χ3n) is 4.33. The van der Waals surface area contributed by atoms with Gasteiger partial charge >= 0.3 is 5.97 Å². The van der Waals surface area contributed by atoms with Gasteiger partial charge in [-0.25, -0.2) is 4.68 Å². The lowest BCUT2D eigenvalue weighted by atomic mass is 10.1. The van der Waals surface area contributed by atoms with Crippen LogP contribution < -0.4 is 0 Å². The quantitative estimate of drug-likeness (QED) is 0.915. The van der Waals surface area contributed by atoms with Crippen molar-refractivity contribution in [2.75, 3.05) is 19.7 Å². The molecule has 0 radical (unpaired) electrons. The van der Waals surface area contributed by atoms with E-state index in [0.29, 0.717) is 24.4 Å². The van der Waals surface area contributed by atoms with Crippen LogP contribution in [0.3, 0.4) is 0 Å². The first kappa shape index (κ1) is 17.2. The van der Waals surface area contributed by atoms with E-state index in [2.05, 4.69) is 5.10 Å². The molecule has 1 saturated heterocycles. The molecular formula is C18H21N3O4. The summed E-state index contributed by atoms with van der Waals surface area (Å²) in [7, 11) is 0. The number of carbonyl (C=O) groups excluding carboxylic acids is 1. The predicted octanol–water partition coefficient (Wildman–Crippen LogP) is 1.80. The monoisotopic (exact) mass is 343 g/mol. The van der Waals surface area contributed by atoms with Crippen molar-refractivity contribution >= 4 is 11.9 Å². The number of rotatable bonds is 4. The fraction of sp³-hybridized carbons (Fsp3) is 0.389. The lowest BCUT2D eigenvalue weighted by Gasteiger charge is -2.32. The molecule has 0 saturated carbocycles. The molecule has 1 amide bonds. The lowest BCUT2D eigenvalue weighted by Crippen LogP contribution is -2.46. The van der Waals surface area contributed by atoms with Gasteiger partial charge < -0.3 is 14.7 Å². The first-order chi connectivity index (χ1) is 12.0. The standard InChI is InChI=1S/C18H21N3O4/c1-12-17(13(2)21(19-12)14-6-4-3-5-7-14)18(24)20-8-9-25-15(11-20)10-16(22)23/h3-7,15H,8-11H2,1-2H3,(H,22,23)/t15-/m1/s1. The number of carbonyl (C=O) groups is 2. The third kappa shape index (κ3) is 3.56. The zero-order chi connectivity index (χ0) is 18.0. The van der Waals surface area contributed by atoms with Crippen molar-refractivity contribution in [1.29, 1.82) is 0 Å². The molecule has 1 aromatic carbocycles. The van der Waals surface area contributed by atoms with Gasteiger partial charge in [0.15, 0.2) is 0 Å². The predicted molar refractivity (Wildman–Crippen MR) is 90.9 cm³/mol. The van der Waals surface area contributed by atoms with Crippen LogP contribution in [0.25, 0.3) is 5.69 Å². The number of aromatic nitrogens is 2. The zero-order valence-electron chi connectivity index (χ0n) is 14.3. The van der Waals surface area contributed by atoms with Crippen LogP contribution in [0, 0.1) is 13.8 Å². The van der Waals surface area contributed by atoms with Gasteiger partial charge in [0.05, 0.1) is 41.8 Å². The van der Waals surface area contributed by atoms with E-state index in [4.69, 9.17) is 9.84 Å². The van der Waals surface area contributed by atoms with Crippen LogP contribution >= 0.6 is 0 Å². The Morgan fingerprint density at radius 3 is 2.68 bits per heavy atom. The highest BCUT2D eigenvalue weighted by Gasteiger charge is 2.30. The van der Waals surface area contributed by atoms with Crippen molar-refractivity contribution in [3.8, 4) is 5.69 Å². The molecule has 2 heterocycles. The van der Waals surface area contributed by atoms with Crippen LogP contribution in [0.4, 0.5) is 0 Å². The summed E-state index contributed by atoms with van der Waals surface area (Å²) in [4.78, 5) is 25.5. The molecular weight excluding hydrogens is 322 g/mol. The van der Waals surface area contributed by atoms with Crippen LogP contribution in [-0.4, -0.2) is 57.5 Å². The molecule has 0 aliphatic carbocycles. The molecule has 3 rings (SSSR count). The van der Waals surface area contributed by atoms with E-state index < -0.39 is 12.1 Å². The number of aliphatic carboxylic acids is 1. The SMILES string of the molecule is Cc1nn(-c2ccccc2)c(C)c1C(=O)N1CCO[C@H](CC(=O)O)C1. The molecule has 1 aliphatic heterocycles. The molecule has 0 spiro atoms. The molecule has 2 aromatic rings. The fourth-order valence-corrected chi connectivity index (χ4v) is 3.15. The van der Waals surface area contributed by atoms with Crippen molar-refractivity contribution < 1.29 is 19.4 Å². The van der Waals surface area contributed by atoms with Crippen LogP contribution in [0.15, 0.2) is 30.3 Å². The van der Waals surface area contributed by atoms with E-state index in [1.165, 1.54) is 0 Å². The van der Waals surface area contributed by atoms with Crippen molar-refractivity contribution in [1.82, 2.24) is 14.7 Å². The van der Waals surface area contributed by atoms with Gasteiger partial charge in [-0.15, -0.1) is 0 Å². The molecule has 1 aliphatic rings. The number of para-hydroxylation sites is 1. The summed E-state index contributed by atoms with van der Waals surface area (Å²) in [5.74, 6) is -1.06. The van der Waals surface area contributed by atoms with Gasteiger partial charge in [-0.05, 0) is 26.0 Å². The summed E-state index contributed by atoms with van der Waals surface area (Å²) in [6.45, 7) is 4.75. The van der Waals surface area contributed by atoms with Crippen LogP contribution in [0.1, 0.15) is 28.2 Å². The van der Waals surface area contributed by atoms with Gasteiger partial charge in [-0.1, -0.05) is 18.2 Å². The van der Waals surface area contributed by atoms with E-state index in [1.54, 1.807) is 9.58 Å². The first-order valence-corrected chi connectivity index (χ1v) is 8.21. The van der Waals surface area contributed by atoms with Crippen molar-refractivity contribution in [2.45, 2.75) is 26.4 Å². The highest BCUT2D eigenvalue weighted by Crippen LogP contribution is 2.21. The number of hydrogen-bond acceptors (Lipinski definition) is 4. The van der Waals surface area contributed by atoms with E-state index in [-0.39, 0.29) is 18.9 Å². The summed E-state index contributed by atoms with van der Waals surface area (Å²) in [6.07, 6.45) is -0.578. The molecule has 0 bridgehead atoms. The smallest absolute Gasteiger partial charge is 0.306 e. The Bertz CT molecular complexity index is 785. The number of benzene rings is 1. The molecule has 1 N–H and O–H groups in total. The van der Waals surface area contributed by atoms with E-state index in [9.17, 15) is 9.59 Å².